The van der Waals surface area contributed by atoms with Gasteiger partial charge in [-0.05, 0) is 43.2 Å². The molecule has 3 heterocycles. The maximum absolute atomic E-state index is 11.8. The number of nitrogens with zero attached hydrogens (tertiary/aromatic N) is 5. The third-order valence-electron chi connectivity index (χ3n) is 4.81. The molecule has 1 fully saturated rings. The highest BCUT2D eigenvalue weighted by Crippen LogP contribution is 2.27. The SMILES string of the molecule is CNC(=O)C1CCN(c2ccc3nnc(-c4cc(Cl)cc(Cl)c4)n3n2)CC1. The number of carbonyl (C=O) groups excluding carboxylic acids is 1. The fourth-order valence-electron chi connectivity index (χ4n) is 3.39. The van der Waals surface area contributed by atoms with Gasteiger partial charge in [0, 0.05) is 41.7 Å². The highest BCUT2D eigenvalue weighted by Gasteiger charge is 2.25. The molecule has 1 amide bonds. The summed E-state index contributed by atoms with van der Waals surface area (Å²) >= 11 is 12.2. The first-order chi connectivity index (χ1) is 13.0. The minimum Gasteiger partial charge on any atom is -0.359 e. The van der Waals surface area contributed by atoms with Crippen molar-refractivity contribution in [2.24, 2.45) is 5.92 Å². The van der Waals surface area contributed by atoms with Crippen molar-refractivity contribution in [3.63, 3.8) is 0 Å². The number of halogens is 2. The van der Waals surface area contributed by atoms with Crippen LogP contribution in [-0.4, -0.2) is 45.9 Å². The number of anilines is 1. The van der Waals surface area contributed by atoms with Crippen molar-refractivity contribution in [3.8, 4) is 11.4 Å². The van der Waals surface area contributed by atoms with Crippen LogP contribution in [0.25, 0.3) is 17.0 Å². The minimum atomic E-state index is 0.0639. The molecular weight excluding hydrogens is 387 g/mol. The Kier molecular flexibility index (Phi) is 4.88. The summed E-state index contributed by atoms with van der Waals surface area (Å²) in [7, 11) is 1.68. The molecule has 3 aromatic rings. The van der Waals surface area contributed by atoms with Crippen molar-refractivity contribution in [1.82, 2.24) is 25.1 Å². The quantitative estimate of drug-likeness (QED) is 0.725. The summed E-state index contributed by atoms with van der Waals surface area (Å²) in [6.07, 6.45) is 1.61. The Bertz CT molecular complexity index is 976. The van der Waals surface area contributed by atoms with Gasteiger partial charge in [-0.15, -0.1) is 15.3 Å². The summed E-state index contributed by atoms with van der Waals surface area (Å²) in [5.74, 6) is 1.58. The molecule has 27 heavy (non-hydrogen) atoms. The molecule has 1 saturated heterocycles. The van der Waals surface area contributed by atoms with Crippen molar-refractivity contribution >= 4 is 40.6 Å². The fourth-order valence-corrected chi connectivity index (χ4v) is 3.91. The number of fused-ring (bicyclic) bond motifs is 1. The average molecular weight is 405 g/mol. The molecule has 9 heteroatoms. The largest absolute Gasteiger partial charge is 0.359 e. The Morgan fingerprint density at radius 1 is 1.11 bits per heavy atom. The van der Waals surface area contributed by atoms with Crippen molar-refractivity contribution in [1.29, 1.82) is 0 Å². The van der Waals surface area contributed by atoms with Gasteiger partial charge in [-0.3, -0.25) is 4.79 Å². The van der Waals surface area contributed by atoms with Crippen LogP contribution in [0.2, 0.25) is 10.0 Å². The third-order valence-corrected chi connectivity index (χ3v) is 5.24. The van der Waals surface area contributed by atoms with Crippen LogP contribution in [0, 0.1) is 5.92 Å². The Morgan fingerprint density at radius 2 is 1.81 bits per heavy atom. The highest BCUT2D eigenvalue weighted by molar-refractivity contribution is 6.35. The monoisotopic (exact) mass is 404 g/mol. The van der Waals surface area contributed by atoms with Crippen LogP contribution in [0.15, 0.2) is 30.3 Å². The fraction of sp³-hybridized carbons (Fsp3) is 0.333. The number of carbonyl (C=O) groups is 1. The maximum atomic E-state index is 11.8. The van der Waals surface area contributed by atoms with Crippen LogP contribution in [0.4, 0.5) is 5.82 Å². The van der Waals surface area contributed by atoms with Gasteiger partial charge in [-0.25, -0.2) is 0 Å². The Labute approximate surface area is 166 Å². The summed E-state index contributed by atoms with van der Waals surface area (Å²) in [5.41, 5.74) is 1.40. The third kappa shape index (κ3) is 3.57. The van der Waals surface area contributed by atoms with Crippen LogP contribution in [-0.2, 0) is 4.79 Å². The number of benzene rings is 1. The summed E-state index contributed by atoms with van der Waals surface area (Å²) < 4.78 is 1.70. The average Bonchev–Trinajstić information content (AvgIpc) is 3.10. The number of nitrogens with one attached hydrogen (secondary N) is 1. The van der Waals surface area contributed by atoms with E-state index in [-0.39, 0.29) is 11.8 Å². The number of piperidine rings is 1. The molecule has 0 spiro atoms. The second kappa shape index (κ2) is 7.32. The van der Waals surface area contributed by atoms with Crippen LogP contribution in [0.1, 0.15) is 12.8 Å². The lowest BCUT2D eigenvalue weighted by Crippen LogP contribution is -2.40. The first-order valence-electron chi connectivity index (χ1n) is 8.70. The molecule has 1 aliphatic rings. The molecule has 0 atom stereocenters. The van der Waals surface area contributed by atoms with E-state index in [9.17, 15) is 4.79 Å². The molecule has 7 nitrogen and oxygen atoms in total. The van der Waals surface area contributed by atoms with Crippen molar-refractivity contribution in [2.75, 3.05) is 25.0 Å². The predicted octanol–water partition coefficient (Wildman–Crippen LogP) is 3.06. The van der Waals surface area contributed by atoms with Gasteiger partial charge in [0.2, 0.25) is 5.91 Å². The summed E-state index contributed by atoms with van der Waals surface area (Å²) in [6.45, 7) is 1.55. The lowest BCUT2D eigenvalue weighted by atomic mass is 9.96. The number of hydrogen-bond acceptors (Lipinski definition) is 5. The van der Waals surface area contributed by atoms with Crippen LogP contribution < -0.4 is 10.2 Å². The molecule has 4 rings (SSSR count). The highest BCUT2D eigenvalue weighted by atomic mass is 35.5. The molecule has 0 radical (unpaired) electrons. The van der Waals surface area contributed by atoms with Gasteiger partial charge in [0.1, 0.15) is 5.82 Å². The van der Waals surface area contributed by atoms with Crippen molar-refractivity contribution < 1.29 is 4.79 Å². The summed E-state index contributed by atoms with van der Waals surface area (Å²) in [4.78, 5) is 14.0. The Morgan fingerprint density at radius 3 is 2.48 bits per heavy atom. The van der Waals surface area contributed by atoms with Crippen LogP contribution >= 0.6 is 23.2 Å². The smallest absolute Gasteiger partial charge is 0.222 e. The van der Waals surface area contributed by atoms with E-state index in [4.69, 9.17) is 28.3 Å². The molecule has 0 bridgehead atoms. The second-order valence-corrected chi connectivity index (χ2v) is 7.39. The molecule has 0 saturated carbocycles. The zero-order valence-electron chi connectivity index (χ0n) is 14.7. The van der Waals surface area contributed by atoms with Crippen LogP contribution in [0.5, 0.6) is 0 Å². The number of amides is 1. The van der Waals surface area contributed by atoms with E-state index in [1.165, 1.54) is 0 Å². The van der Waals surface area contributed by atoms with Gasteiger partial charge in [0.05, 0.1) is 0 Å². The molecule has 0 aliphatic carbocycles. The second-order valence-electron chi connectivity index (χ2n) is 6.52. The summed E-state index contributed by atoms with van der Waals surface area (Å²) in [5, 5.41) is 16.9. The Balaban J connectivity index is 1.64. The van der Waals surface area contributed by atoms with Gasteiger partial charge < -0.3 is 10.2 Å². The zero-order valence-corrected chi connectivity index (χ0v) is 16.2. The van der Waals surface area contributed by atoms with E-state index in [0.717, 1.165) is 37.3 Å². The van der Waals surface area contributed by atoms with Crippen molar-refractivity contribution in [3.05, 3.63) is 40.4 Å². The first kappa shape index (κ1) is 18.0. The molecule has 1 aromatic carbocycles. The zero-order chi connectivity index (χ0) is 19.0. The van der Waals surface area contributed by atoms with Gasteiger partial charge in [0.25, 0.3) is 0 Å². The van der Waals surface area contributed by atoms with Gasteiger partial charge in [-0.1, -0.05) is 23.2 Å². The van der Waals surface area contributed by atoms with Gasteiger partial charge >= 0.3 is 0 Å². The van der Waals surface area contributed by atoms with E-state index in [1.54, 1.807) is 29.8 Å². The molecule has 140 valence electrons. The molecule has 0 unspecified atom stereocenters. The topological polar surface area (TPSA) is 75.4 Å². The summed E-state index contributed by atoms with van der Waals surface area (Å²) in [6, 6.07) is 9.06. The van der Waals surface area contributed by atoms with Gasteiger partial charge in [0.15, 0.2) is 11.5 Å². The number of hydrogen-bond donors (Lipinski definition) is 1. The first-order valence-corrected chi connectivity index (χ1v) is 9.46. The maximum Gasteiger partial charge on any atom is 0.222 e. The molecular formula is C18H18Cl2N6O. The minimum absolute atomic E-state index is 0.0639. The number of rotatable bonds is 3. The van der Waals surface area contributed by atoms with Gasteiger partial charge in [-0.2, -0.15) is 4.52 Å². The Hall–Kier alpha value is -2.38. The standard InChI is InChI=1S/C18H18Cl2N6O/c1-21-18(27)11-4-6-25(7-5-11)16-3-2-15-22-23-17(26(15)24-16)12-8-13(19)10-14(20)9-12/h2-3,8-11H,4-7H2,1H3,(H,21,27). The number of aromatic nitrogens is 4. The van der Waals surface area contributed by atoms with E-state index in [2.05, 4.69) is 20.4 Å². The normalized spacial score (nSPS) is 15.3. The van der Waals surface area contributed by atoms with E-state index >= 15 is 0 Å². The van der Waals surface area contributed by atoms with Crippen LogP contribution in [0.3, 0.4) is 0 Å². The van der Waals surface area contributed by atoms with Crippen molar-refractivity contribution in [2.45, 2.75) is 12.8 Å². The molecule has 1 N–H and O–H groups in total. The molecule has 1 aliphatic heterocycles. The predicted molar refractivity (Wildman–Crippen MR) is 105 cm³/mol. The molecule has 2 aromatic heterocycles. The lowest BCUT2D eigenvalue weighted by molar-refractivity contribution is -0.125. The van der Waals surface area contributed by atoms with E-state index in [1.807, 2.05) is 12.1 Å². The van der Waals surface area contributed by atoms with E-state index in [0.29, 0.717) is 21.5 Å². The van der Waals surface area contributed by atoms with E-state index < -0.39 is 0 Å². The lowest BCUT2D eigenvalue weighted by Gasteiger charge is -2.31.